The van der Waals surface area contributed by atoms with Crippen molar-refractivity contribution in [2.45, 2.75) is 12.8 Å². The van der Waals surface area contributed by atoms with Crippen LogP contribution in [-0.4, -0.2) is 44.9 Å². The normalized spacial score (nSPS) is 18.4. The van der Waals surface area contributed by atoms with E-state index in [4.69, 9.17) is 9.47 Å². The predicted molar refractivity (Wildman–Crippen MR) is 52.6 cm³/mol. The Balaban J connectivity index is 2.01. The van der Waals surface area contributed by atoms with Crippen LogP contribution in [0.3, 0.4) is 0 Å². The van der Waals surface area contributed by atoms with Crippen molar-refractivity contribution in [2.24, 2.45) is 0 Å². The van der Waals surface area contributed by atoms with E-state index in [0.717, 1.165) is 45.8 Å². The standard InChI is InChI=1S/C10H19NO2/c1-12-8-4-2-3-5-11-6-9-13-10-7-11/h3,5H,2,4,6-10H2,1H3/b5-3-. The molecule has 0 aromatic heterocycles. The molecule has 1 saturated heterocycles. The van der Waals surface area contributed by atoms with Crippen molar-refractivity contribution in [2.75, 3.05) is 40.0 Å². The van der Waals surface area contributed by atoms with Crippen LogP contribution in [0.4, 0.5) is 0 Å². The lowest BCUT2D eigenvalue weighted by Gasteiger charge is -2.24. The van der Waals surface area contributed by atoms with E-state index in [1.807, 2.05) is 0 Å². The molecule has 76 valence electrons. The molecule has 1 aliphatic heterocycles. The van der Waals surface area contributed by atoms with Gasteiger partial charge >= 0.3 is 0 Å². The first-order valence-corrected chi connectivity index (χ1v) is 4.91. The summed E-state index contributed by atoms with van der Waals surface area (Å²) in [6.07, 6.45) is 6.60. The lowest BCUT2D eigenvalue weighted by molar-refractivity contribution is 0.0592. The van der Waals surface area contributed by atoms with Crippen LogP contribution in [0, 0.1) is 0 Å². The lowest BCUT2D eigenvalue weighted by atomic mass is 10.3. The van der Waals surface area contributed by atoms with Gasteiger partial charge < -0.3 is 14.4 Å². The summed E-state index contributed by atoms with van der Waals surface area (Å²) in [6.45, 7) is 4.64. The van der Waals surface area contributed by atoms with Crippen molar-refractivity contribution in [1.29, 1.82) is 0 Å². The molecule has 0 aliphatic carbocycles. The Kier molecular flexibility index (Phi) is 5.61. The number of nitrogens with zero attached hydrogens (tertiary/aromatic N) is 1. The first-order valence-electron chi connectivity index (χ1n) is 4.91. The third kappa shape index (κ3) is 4.90. The van der Waals surface area contributed by atoms with Crippen LogP contribution in [0.15, 0.2) is 12.3 Å². The van der Waals surface area contributed by atoms with E-state index in [1.54, 1.807) is 7.11 Å². The predicted octanol–water partition coefficient (Wildman–Crippen LogP) is 1.26. The van der Waals surface area contributed by atoms with E-state index in [9.17, 15) is 0 Å². The van der Waals surface area contributed by atoms with Crippen LogP contribution in [-0.2, 0) is 9.47 Å². The summed E-state index contributed by atoms with van der Waals surface area (Å²) >= 11 is 0. The van der Waals surface area contributed by atoms with E-state index in [-0.39, 0.29) is 0 Å². The second-order valence-corrected chi connectivity index (χ2v) is 3.17. The fraction of sp³-hybridized carbons (Fsp3) is 0.800. The number of ether oxygens (including phenoxy) is 2. The maximum absolute atomic E-state index is 5.25. The van der Waals surface area contributed by atoms with E-state index < -0.39 is 0 Å². The molecule has 3 nitrogen and oxygen atoms in total. The van der Waals surface area contributed by atoms with Crippen molar-refractivity contribution in [3.63, 3.8) is 0 Å². The molecular weight excluding hydrogens is 166 g/mol. The molecule has 1 heterocycles. The quantitative estimate of drug-likeness (QED) is 0.602. The molecule has 13 heavy (non-hydrogen) atoms. The van der Waals surface area contributed by atoms with Crippen LogP contribution in [0.5, 0.6) is 0 Å². The zero-order valence-electron chi connectivity index (χ0n) is 8.37. The minimum absolute atomic E-state index is 0.855. The summed E-state index contributed by atoms with van der Waals surface area (Å²) in [5.74, 6) is 0. The number of methoxy groups -OCH3 is 1. The fourth-order valence-electron chi connectivity index (χ4n) is 1.30. The van der Waals surface area contributed by atoms with Crippen LogP contribution in [0.2, 0.25) is 0 Å². The molecule has 0 radical (unpaired) electrons. The van der Waals surface area contributed by atoms with Crippen LogP contribution in [0.25, 0.3) is 0 Å². The highest BCUT2D eigenvalue weighted by atomic mass is 16.5. The zero-order valence-corrected chi connectivity index (χ0v) is 8.37. The highest BCUT2D eigenvalue weighted by Gasteiger charge is 2.04. The third-order valence-electron chi connectivity index (χ3n) is 2.08. The Morgan fingerprint density at radius 1 is 1.38 bits per heavy atom. The average Bonchev–Trinajstić information content (AvgIpc) is 2.19. The highest BCUT2D eigenvalue weighted by molar-refractivity contribution is 4.83. The topological polar surface area (TPSA) is 21.7 Å². The zero-order chi connectivity index (χ0) is 9.36. The van der Waals surface area contributed by atoms with Gasteiger partial charge in [-0.15, -0.1) is 0 Å². The molecule has 0 spiro atoms. The SMILES string of the molecule is COCCC/C=C\N1CCOCC1. The summed E-state index contributed by atoms with van der Waals surface area (Å²) in [4.78, 5) is 2.30. The van der Waals surface area contributed by atoms with Crippen LogP contribution < -0.4 is 0 Å². The summed E-state index contributed by atoms with van der Waals surface area (Å²) < 4.78 is 10.2. The molecule has 1 aliphatic rings. The Morgan fingerprint density at radius 3 is 2.85 bits per heavy atom. The second kappa shape index (κ2) is 6.92. The monoisotopic (exact) mass is 185 g/mol. The van der Waals surface area contributed by atoms with E-state index in [1.165, 1.54) is 0 Å². The smallest absolute Gasteiger partial charge is 0.0642 e. The molecule has 0 aromatic carbocycles. The van der Waals surface area contributed by atoms with Crippen molar-refractivity contribution in [1.82, 2.24) is 4.90 Å². The van der Waals surface area contributed by atoms with Gasteiger partial charge in [0.15, 0.2) is 0 Å². The fourth-order valence-corrected chi connectivity index (χ4v) is 1.30. The van der Waals surface area contributed by atoms with Gasteiger partial charge in [0.05, 0.1) is 13.2 Å². The first-order chi connectivity index (χ1) is 6.43. The van der Waals surface area contributed by atoms with Crippen molar-refractivity contribution < 1.29 is 9.47 Å². The van der Waals surface area contributed by atoms with Gasteiger partial charge in [-0.05, 0) is 19.0 Å². The Bertz CT molecular complexity index is 142. The number of unbranched alkanes of at least 4 members (excludes halogenated alkanes) is 1. The molecule has 1 fully saturated rings. The molecule has 0 amide bonds. The third-order valence-corrected chi connectivity index (χ3v) is 2.08. The van der Waals surface area contributed by atoms with Crippen LogP contribution in [0.1, 0.15) is 12.8 Å². The molecule has 0 atom stereocenters. The van der Waals surface area contributed by atoms with Crippen LogP contribution >= 0.6 is 0 Å². The van der Waals surface area contributed by atoms with Gasteiger partial charge in [0.2, 0.25) is 0 Å². The van der Waals surface area contributed by atoms with E-state index in [2.05, 4.69) is 17.2 Å². The summed E-state index contributed by atoms with van der Waals surface area (Å²) in [7, 11) is 1.74. The highest BCUT2D eigenvalue weighted by Crippen LogP contribution is 1.99. The molecule has 0 unspecified atom stereocenters. The number of hydrogen-bond donors (Lipinski definition) is 0. The number of allylic oxidation sites excluding steroid dienone is 1. The summed E-state index contributed by atoms with van der Waals surface area (Å²) in [5, 5.41) is 0. The Hall–Kier alpha value is -0.540. The Morgan fingerprint density at radius 2 is 2.15 bits per heavy atom. The van der Waals surface area contributed by atoms with Gasteiger partial charge in [-0.3, -0.25) is 0 Å². The molecular formula is C10H19NO2. The minimum Gasteiger partial charge on any atom is -0.385 e. The molecule has 0 aromatic rings. The lowest BCUT2D eigenvalue weighted by Crippen LogP contribution is -2.31. The second-order valence-electron chi connectivity index (χ2n) is 3.17. The average molecular weight is 185 g/mol. The van der Waals surface area contributed by atoms with Gasteiger partial charge in [-0.1, -0.05) is 6.08 Å². The molecule has 0 bridgehead atoms. The van der Waals surface area contributed by atoms with Crippen molar-refractivity contribution in [3.8, 4) is 0 Å². The number of hydrogen-bond acceptors (Lipinski definition) is 3. The molecule has 3 heteroatoms. The number of rotatable bonds is 5. The van der Waals surface area contributed by atoms with Gasteiger partial charge in [-0.2, -0.15) is 0 Å². The minimum atomic E-state index is 0.855. The van der Waals surface area contributed by atoms with Crippen molar-refractivity contribution in [3.05, 3.63) is 12.3 Å². The van der Waals surface area contributed by atoms with Gasteiger partial charge in [0.1, 0.15) is 0 Å². The summed E-state index contributed by atoms with van der Waals surface area (Å²) in [6, 6.07) is 0. The van der Waals surface area contributed by atoms with Crippen molar-refractivity contribution >= 4 is 0 Å². The summed E-state index contributed by atoms with van der Waals surface area (Å²) in [5.41, 5.74) is 0. The largest absolute Gasteiger partial charge is 0.385 e. The molecule has 0 saturated carbocycles. The van der Waals surface area contributed by atoms with Gasteiger partial charge in [0.25, 0.3) is 0 Å². The maximum atomic E-state index is 5.25. The molecule has 0 N–H and O–H groups in total. The van der Waals surface area contributed by atoms with E-state index >= 15 is 0 Å². The Labute approximate surface area is 80.3 Å². The van der Waals surface area contributed by atoms with Gasteiger partial charge in [0, 0.05) is 26.8 Å². The maximum Gasteiger partial charge on any atom is 0.0642 e. The first kappa shape index (κ1) is 10.5. The number of morpholine rings is 1. The van der Waals surface area contributed by atoms with E-state index in [0.29, 0.717) is 0 Å². The molecule has 1 rings (SSSR count). The van der Waals surface area contributed by atoms with Gasteiger partial charge in [-0.25, -0.2) is 0 Å².